The summed E-state index contributed by atoms with van der Waals surface area (Å²) in [5.41, 5.74) is 9.96. The fourth-order valence-corrected chi connectivity index (χ4v) is 8.87. The number of aromatic nitrogens is 4. The van der Waals surface area contributed by atoms with Gasteiger partial charge in [-0.2, -0.15) is 10.5 Å². The number of benzene rings is 4. The van der Waals surface area contributed by atoms with Crippen LogP contribution >= 0.6 is 0 Å². The van der Waals surface area contributed by atoms with Crippen molar-refractivity contribution in [3.05, 3.63) is 168 Å². The van der Waals surface area contributed by atoms with Gasteiger partial charge in [0.1, 0.15) is 0 Å². The predicted octanol–water partition coefficient (Wildman–Crippen LogP) is 10.7. The quantitative estimate of drug-likeness (QED) is 0.0957. The van der Waals surface area contributed by atoms with E-state index in [0.29, 0.717) is 67.1 Å². The van der Waals surface area contributed by atoms with Gasteiger partial charge in [0, 0.05) is 11.8 Å². The molecule has 8 bridgehead atoms. The molecule has 2 unspecified atom stereocenters. The van der Waals surface area contributed by atoms with Crippen molar-refractivity contribution in [2.24, 2.45) is 11.8 Å². The molecule has 0 N–H and O–H groups in total. The van der Waals surface area contributed by atoms with Gasteiger partial charge in [-0.3, -0.25) is 14.6 Å². The number of hydrogen-bond acceptors (Lipinski definition) is 8. The van der Waals surface area contributed by atoms with Gasteiger partial charge >= 0.3 is 28.4 Å². The number of rotatable bonds is 10. The first kappa shape index (κ1) is 43.8. The summed E-state index contributed by atoms with van der Waals surface area (Å²) in [6.07, 6.45) is 3.99. The van der Waals surface area contributed by atoms with E-state index in [0.717, 1.165) is 22.3 Å². The Hall–Kier alpha value is -7.85. The van der Waals surface area contributed by atoms with E-state index in [9.17, 15) is 20.1 Å². The second-order valence-electron chi connectivity index (χ2n) is 15.3. The molecule has 2 aliphatic heterocycles. The van der Waals surface area contributed by atoms with Crippen LogP contribution in [0.15, 0.2) is 146 Å². The van der Waals surface area contributed by atoms with Crippen LogP contribution in [-0.2, 0) is 35.6 Å². The molecule has 4 aromatic carbocycles. The number of ether oxygens (including phenoxy) is 2. The minimum Gasteiger partial charge on any atom is -0.657 e. The Morgan fingerprint density at radius 2 is 0.815 bits per heavy atom. The molecule has 2 aliphatic rings. The summed E-state index contributed by atoms with van der Waals surface area (Å²) in [5, 5.41) is 22.2. The summed E-state index contributed by atoms with van der Waals surface area (Å²) in [4.78, 5) is 49.8. The smallest absolute Gasteiger partial charge is 0.657 e. The van der Waals surface area contributed by atoms with Gasteiger partial charge in [-0.1, -0.05) is 146 Å². The molecule has 11 heteroatoms. The molecule has 10 nitrogen and oxygen atoms in total. The predicted molar refractivity (Wildman–Crippen MR) is 247 cm³/mol. The molecule has 320 valence electrons. The summed E-state index contributed by atoms with van der Waals surface area (Å²) >= 11 is 0. The van der Waals surface area contributed by atoms with Crippen LogP contribution < -0.4 is 9.97 Å². The standard InChI is InChI=1S/C54H40N6O4.Ni/c1-3-63-53(61)37(31-55)49-50(38(32-56)54(62)64-4-2)52-48(36-23-15-8-16-24-36)44-30-28-42(59-44)46(34-19-11-6-12-20-34)40-26-25-39(57-40)45(33-17-9-5-10-18-33)41-27-29-43(58-41)47(51(49)60-52)35-21-13-7-14-22-35;/h5-30,37-38,49-50H,3-4H2,1-2H3;/q-2;+2/t37?,38?,49-,50-;/m0./s1. The van der Waals surface area contributed by atoms with Crippen molar-refractivity contribution in [1.29, 1.82) is 10.5 Å². The molecule has 4 atom stereocenters. The Balaban J connectivity index is 0.00000576. The van der Waals surface area contributed by atoms with Crippen molar-refractivity contribution < 1.29 is 35.6 Å². The first-order chi connectivity index (χ1) is 31.4. The van der Waals surface area contributed by atoms with E-state index in [1.165, 1.54) is 0 Å². The molecule has 0 fully saturated rings. The van der Waals surface area contributed by atoms with E-state index in [1.807, 2.05) is 158 Å². The first-order valence-electron chi connectivity index (χ1n) is 21.2. The normalized spacial score (nSPS) is 14.8. The minimum absolute atomic E-state index is 0. The number of esters is 2. The van der Waals surface area contributed by atoms with Crippen molar-refractivity contribution >= 4 is 46.2 Å². The second kappa shape index (κ2) is 19.3. The van der Waals surface area contributed by atoms with Crippen LogP contribution in [0.25, 0.3) is 78.7 Å². The van der Waals surface area contributed by atoms with Crippen LogP contribution in [0.4, 0.5) is 0 Å². The second-order valence-corrected chi connectivity index (χ2v) is 15.3. The molecule has 0 aliphatic carbocycles. The monoisotopic (exact) mass is 894 g/mol. The third-order valence-corrected chi connectivity index (χ3v) is 11.6. The molecule has 7 aromatic rings. The van der Waals surface area contributed by atoms with Crippen molar-refractivity contribution in [2.45, 2.75) is 25.7 Å². The van der Waals surface area contributed by atoms with Crippen molar-refractivity contribution in [3.63, 3.8) is 0 Å². The Labute approximate surface area is 386 Å². The third kappa shape index (κ3) is 8.27. The van der Waals surface area contributed by atoms with Crippen molar-refractivity contribution in [3.8, 4) is 56.6 Å². The number of nitrogens with zero attached hydrogens (tertiary/aromatic N) is 6. The van der Waals surface area contributed by atoms with E-state index in [-0.39, 0.29) is 29.7 Å². The van der Waals surface area contributed by atoms with Gasteiger partial charge in [-0.05, 0) is 70.5 Å². The number of hydrogen-bond donors (Lipinski definition) is 0. The first-order valence-corrected chi connectivity index (χ1v) is 21.2. The maximum absolute atomic E-state index is 14.2. The van der Waals surface area contributed by atoms with Gasteiger partial charge in [0.25, 0.3) is 0 Å². The van der Waals surface area contributed by atoms with Crippen LogP contribution in [0.5, 0.6) is 0 Å². The van der Waals surface area contributed by atoms with Gasteiger partial charge < -0.3 is 19.4 Å². The summed E-state index contributed by atoms with van der Waals surface area (Å²) in [5.74, 6) is -7.04. The molecule has 3 aromatic heterocycles. The number of nitriles is 2. The number of carbonyl (C=O) groups excluding carboxylic acids is 2. The maximum atomic E-state index is 14.2. The minimum atomic E-state index is -1.52. The average molecular weight is 896 g/mol. The van der Waals surface area contributed by atoms with Crippen LogP contribution in [-0.4, -0.2) is 35.1 Å². The molecule has 0 saturated heterocycles. The van der Waals surface area contributed by atoms with Gasteiger partial charge in [-0.15, -0.1) is 22.1 Å². The summed E-state index contributed by atoms with van der Waals surface area (Å²) < 4.78 is 11.2. The average Bonchev–Trinajstić information content (AvgIpc) is 4.17. The molecule has 5 heterocycles. The van der Waals surface area contributed by atoms with E-state index in [4.69, 9.17) is 29.4 Å². The fourth-order valence-electron chi connectivity index (χ4n) is 8.87. The van der Waals surface area contributed by atoms with E-state index < -0.39 is 35.6 Å². The Bertz CT molecular complexity index is 2960. The summed E-state index contributed by atoms with van der Waals surface area (Å²) in [7, 11) is 0. The van der Waals surface area contributed by atoms with E-state index in [1.54, 1.807) is 13.8 Å². The summed E-state index contributed by atoms with van der Waals surface area (Å²) in [6.45, 7) is 3.32. The summed E-state index contributed by atoms with van der Waals surface area (Å²) in [6, 6.07) is 50.9. The zero-order valence-electron chi connectivity index (χ0n) is 35.4. The Morgan fingerprint density at radius 1 is 0.508 bits per heavy atom. The molecular weight excluding hydrogens is 855 g/mol. The maximum Gasteiger partial charge on any atom is 2.00 e. The largest absolute Gasteiger partial charge is 2.00 e. The van der Waals surface area contributed by atoms with Gasteiger partial charge in [0.15, 0.2) is 11.8 Å². The molecule has 9 rings (SSSR count). The molecule has 0 amide bonds. The topological polar surface area (TPSA) is 154 Å². The zero-order valence-corrected chi connectivity index (χ0v) is 36.4. The van der Waals surface area contributed by atoms with Crippen LogP contribution in [0.1, 0.15) is 48.5 Å². The van der Waals surface area contributed by atoms with Crippen LogP contribution in [0, 0.1) is 34.5 Å². The number of fused-ring (bicyclic) bond motifs is 8. The fraction of sp³-hybridized carbons (Fsp3) is 0.148. The Morgan fingerprint density at radius 3 is 1.12 bits per heavy atom. The van der Waals surface area contributed by atoms with E-state index >= 15 is 0 Å². The molecule has 0 radical (unpaired) electrons. The van der Waals surface area contributed by atoms with Gasteiger partial charge in [0.05, 0.1) is 48.1 Å². The van der Waals surface area contributed by atoms with Crippen LogP contribution in [0.3, 0.4) is 0 Å². The van der Waals surface area contributed by atoms with Gasteiger partial charge in [0.2, 0.25) is 0 Å². The Kier molecular flexibility index (Phi) is 13.0. The van der Waals surface area contributed by atoms with Crippen molar-refractivity contribution in [1.82, 2.24) is 19.9 Å². The SMILES string of the molecule is CCOC(=O)C(C#N)[C@@H]1c2nc(c(-c3ccccc3)c3ccc([n-]3)c(-c3ccccc3)c3nc(c(-c4ccccc4)c4ccc([n-]4)c2-c2ccccc2)C=C3)[C@H]1C(C#N)C(=O)OCC.[Ni+2]. The zero-order chi connectivity index (χ0) is 44.2. The van der Waals surface area contributed by atoms with Crippen LogP contribution in [0.2, 0.25) is 0 Å². The molecular formula is C54H40N6NiO4. The number of carbonyl (C=O) groups is 2. The molecule has 0 spiro atoms. The van der Waals surface area contributed by atoms with E-state index in [2.05, 4.69) is 12.1 Å². The third-order valence-electron chi connectivity index (χ3n) is 11.6. The molecule has 0 saturated carbocycles. The molecule has 65 heavy (non-hydrogen) atoms. The van der Waals surface area contributed by atoms with Crippen molar-refractivity contribution in [2.75, 3.05) is 13.2 Å². The van der Waals surface area contributed by atoms with Gasteiger partial charge in [-0.25, -0.2) is 4.98 Å².